The first-order chi connectivity index (χ1) is 8.60. The average molecular weight is 249 g/mol. The molecule has 18 heavy (non-hydrogen) atoms. The topological polar surface area (TPSA) is 41.3 Å². The van der Waals surface area contributed by atoms with E-state index in [1.54, 1.807) is 0 Å². The Morgan fingerprint density at radius 2 is 1.67 bits per heavy atom. The van der Waals surface area contributed by atoms with Crippen LogP contribution in [0.25, 0.3) is 0 Å². The van der Waals surface area contributed by atoms with E-state index in [4.69, 9.17) is 5.84 Å². The molecule has 102 valence electrons. The Kier molecular flexibility index (Phi) is 6.33. The molecule has 0 aliphatic carbocycles. The van der Waals surface area contributed by atoms with Crippen LogP contribution in [0.4, 0.5) is 0 Å². The SMILES string of the molecule is CCN(CC)CCC(NN)c1cc(C)cc(C)c1. The Morgan fingerprint density at radius 1 is 1.11 bits per heavy atom. The van der Waals surface area contributed by atoms with Crippen molar-refractivity contribution in [3.8, 4) is 0 Å². The van der Waals surface area contributed by atoms with Crippen molar-refractivity contribution in [2.24, 2.45) is 5.84 Å². The minimum Gasteiger partial charge on any atom is -0.304 e. The van der Waals surface area contributed by atoms with Crippen molar-refractivity contribution in [2.75, 3.05) is 19.6 Å². The van der Waals surface area contributed by atoms with Crippen molar-refractivity contribution < 1.29 is 0 Å². The second kappa shape index (κ2) is 7.52. The Bertz CT molecular complexity index is 339. The van der Waals surface area contributed by atoms with E-state index in [1.165, 1.54) is 16.7 Å². The molecule has 0 heterocycles. The molecule has 1 rings (SSSR count). The second-order valence-electron chi connectivity index (χ2n) is 4.96. The molecule has 0 aliphatic rings. The zero-order valence-electron chi connectivity index (χ0n) is 12.2. The molecule has 1 aromatic rings. The molecular formula is C15H27N3. The number of hydrogen-bond donors (Lipinski definition) is 2. The molecular weight excluding hydrogens is 222 g/mol. The van der Waals surface area contributed by atoms with Crippen molar-refractivity contribution in [3.63, 3.8) is 0 Å². The third-order valence-corrected chi connectivity index (χ3v) is 3.48. The molecule has 0 aromatic heterocycles. The van der Waals surface area contributed by atoms with Crippen molar-refractivity contribution in [1.29, 1.82) is 0 Å². The lowest BCUT2D eigenvalue weighted by Crippen LogP contribution is -2.32. The molecule has 3 N–H and O–H groups in total. The van der Waals surface area contributed by atoms with E-state index in [2.05, 4.69) is 56.2 Å². The van der Waals surface area contributed by atoms with Gasteiger partial charge in [-0.2, -0.15) is 0 Å². The highest BCUT2D eigenvalue weighted by molar-refractivity contribution is 5.30. The van der Waals surface area contributed by atoms with Gasteiger partial charge in [0, 0.05) is 6.04 Å². The van der Waals surface area contributed by atoms with Crippen LogP contribution in [0.3, 0.4) is 0 Å². The summed E-state index contributed by atoms with van der Waals surface area (Å²) in [5.74, 6) is 5.71. The number of nitrogens with two attached hydrogens (primary N) is 1. The standard InChI is InChI=1S/C15H27N3/c1-5-18(6-2)8-7-15(17-16)14-10-12(3)9-13(4)11-14/h9-11,15,17H,5-8,16H2,1-4H3. The lowest BCUT2D eigenvalue weighted by Gasteiger charge is -2.23. The van der Waals surface area contributed by atoms with E-state index < -0.39 is 0 Å². The van der Waals surface area contributed by atoms with Crippen LogP contribution in [0.2, 0.25) is 0 Å². The van der Waals surface area contributed by atoms with Gasteiger partial charge in [-0.3, -0.25) is 11.3 Å². The normalized spacial score (nSPS) is 13.0. The smallest absolute Gasteiger partial charge is 0.0472 e. The largest absolute Gasteiger partial charge is 0.304 e. The monoisotopic (exact) mass is 249 g/mol. The summed E-state index contributed by atoms with van der Waals surface area (Å²) in [5.41, 5.74) is 6.84. The van der Waals surface area contributed by atoms with Gasteiger partial charge in [0.05, 0.1) is 0 Å². The van der Waals surface area contributed by atoms with Crippen LogP contribution in [-0.2, 0) is 0 Å². The summed E-state index contributed by atoms with van der Waals surface area (Å²) in [7, 11) is 0. The van der Waals surface area contributed by atoms with E-state index in [0.717, 1.165) is 26.1 Å². The Morgan fingerprint density at radius 3 is 2.11 bits per heavy atom. The summed E-state index contributed by atoms with van der Waals surface area (Å²) >= 11 is 0. The Hall–Kier alpha value is -0.900. The van der Waals surface area contributed by atoms with E-state index in [1.807, 2.05) is 0 Å². The fraction of sp³-hybridized carbons (Fsp3) is 0.600. The molecule has 0 radical (unpaired) electrons. The molecule has 0 spiro atoms. The van der Waals surface area contributed by atoms with Gasteiger partial charge >= 0.3 is 0 Å². The van der Waals surface area contributed by atoms with Gasteiger partial charge in [0.15, 0.2) is 0 Å². The molecule has 0 fully saturated rings. The molecule has 1 atom stereocenters. The minimum absolute atomic E-state index is 0.240. The Balaban J connectivity index is 2.70. The number of nitrogens with one attached hydrogen (secondary N) is 1. The van der Waals surface area contributed by atoms with Crippen LogP contribution in [0.5, 0.6) is 0 Å². The van der Waals surface area contributed by atoms with Gasteiger partial charge in [-0.15, -0.1) is 0 Å². The van der Waals surface area contributed by atoms with E-state index in [9.17, 15) is 0 Å². The fourth-order valence-corrected chi connectivity index (χ4v) is 2.41. The summed E-state index contributed by atoms with van der Waals surface area (Å²) in [4.78, 5) is 2.42. The maximum Gasteiger partial charge on any atom is 0.0472 e. The number of hydrazine groups is 1. The third-order valence-electron chi connectivity index (χ3n) is 3.48. The second-order valence-corrected chi connectivity index (χ2v) is 4.96. The van der Waals surface area contributed by atoms with E-state index in [0.29, 0.717) is 0 Å². The third kappa shape index (κ3) is 4.41. The van der Waals surface area contributed by atoms with Crippen LogP contribution >= 0.6 is 0 Å². The van der Waals surface area contributed by atoms with Crippen molar-refractivity contribution in [3.05, 3.63) is 34.9 Å². The summed E-state index contributed by atoms with van der Waals surface area (Å²) < 4.78 is 0. The van der Waals surface area contributed by atoms with Gasteiger partial charge in [-0.05, 0) is 45.5 Å². The molecule has 3 heteroatoms. The average Bonchev–Trinajstić information content (AvgIpc) is 2.33. The molecule has 1 unspecified atom stereocenters. The van der Waals surface area contributed by atoms with Gasteiger partial charge in [0.2, 0.25) is 0 Å². The molecule has 0 amide bonds. The Labute approximate surface area is 111 Å². The van der Waals surface area contributed by atoms with Gasteiger partial charge < -0.3 is 4.90 Å². The molecule has 0 bridgehead atoms. The first-order valence-corrected chi connectivity index (χ1v) is 6.87. The van der Waals surface area contributed by atoms with Crippen molar-refractivity contribution in [2.45, 2.75) is 40.2 Å². The van der Waals surface area contributed by atoms with Crippen LogP contribution in [-0.4, -0.2) is 24.5 Å². The van der Waals surface area contributed by atoms with E-state index in [-0.39, 0.29) is 6.04 Å². The number of nitrogens with zero attached hydrogens (tertiary/aromatic N) is 1. The quantitative estimate of drug-likeness (QED) is 0.576. The maximum absolute atomic E-state index is 5.71. The van der Waals surface area contributed by atoms with Crippen LogP contribution in [0.15, 0.2) is 18.2 Å². The lowest BCUT2D eigenvalue weighted by atomic mass is 9.99. The zero-order valence-corrected chi connectivity index (χ0v) is 12.2. The number of rotatable bonds is 7. The fourth-order valence-electron chi connectivity index (χ4n) is 2.41. The molecule has 0 saturated heterocycles. The maximum atomic E-state index is 5.71. The summed E-state index contributed by atoms with van der Waals surface area (Å²) in [6.45, 7) is 11.9. The lowest BCUT2D eigenvalue weighted by molar-refractivity contribution is 0.282. The molecule has 3 nitrogen and oxygen atoms in total. The van der Waals surface area contributed by atoms with Gasteiger partial charge in [0.1, 0.15) is 0 Å². The van der Waals surface area contributed by atoms with Crippen LogP contribution in [0, 0.1) is 13.8 Å². The van der Waals surface area contributed by atoms with Gasteiger partial charge in [0.25, 0.3) is 0 Å². The minimum atomic E-state index is 0.240. The van der Waals surface area contributed by atoms with Crippen molar-refractivity contribution in [1.82, 2.24) is 10.3 Å². The van der Waals surface area contributed by atoms with Crippen molar-refractivity contribution >= 4 is 0 Å². The molecule has 1 aromatic carbocycles. The number of benzene rings is 1. The van der Waals surface area contributed by atoms with Gasteiger partial charge in [-0.25, -0.2) is 0 Å². The van der Waals surface area contributed by atoms with Gasteiger partial charge in [-0.1, -0.05) is 43.2 Å². The first-order valence-electron chi connectivity index (χ1n) is 6.87. The highest BCUT2D eigenvalue weighted by atomic mass is 15.2. The van der Waals surface area contributed by atoms with E-state index >= 15 is 0 Å². The highest BCUT2D eigenvalue weighted by Gasteiger charge is 2.11. The predicted molar refractivity (Wildman–Crippen MR) is 78.4 cm³/mol. The zero-order chi connectivity index (χ0) is 13.5. The predicted octanol–water partition coefficient (Wildman–Crippen LogP) is 2.54. The summed E-state index contributed by atoms with van der Waals surface area (Å²) in [6, 6.07) is 6.88. The first kappa shape index (κ1) is 15.2. The molecule has 0 aliphatic heterocycles. The number of aryl methyl sites for hydroxylation is 2. The summed E-state index contributed by atoms with van der Waals surface area (Å²) in [6.07, 6.45) is 1.04. The van der Waals surface area contributed by atoms with Crippen LogP contribution < -0.4 is 11.3 Å². The van der Waals surface area contributed by atoms with Crippen LogP contribution in [0.1, 0.15) is 43.0 Å². The highest BCUT2D eigenvalue weighted by Crippen LogP contribution is 2.19. The molecule has 0 saturated carbocycles. The summed E-state index contributed by atoms with van der Waals surface area (Å²) in [5, 5.41) is 0. The number of hydrogen-bond acceptors (Lipinski definition) is 3.